The molecule has 0 spiro atoms. The zero-order chi connectivity index (χ0) is 11.5. The fourth-order valence-corrected chi connectivity index (χ4v) is 2.84. The fraction of sp³-hybridized carbons (Fsp3) is 0.692. The third-order valence-electron chi connectivity index (χ3n) is 3.89. The smallest absolute Gasteiger partial charge is 0.222 e. The molecule has 1 aromatic heterocycles. The van der Waals surface area contributed by atoms with E-state index in [1.54, 1.807) is 0 Å². The molecule has 3 rings (SSSR count). The molecule has 0 bridgehead atoms. The summed E-state index contributed by atoms with van der Waals surface area (Å²) in [6, 6.07) is 0.493. The fourth-order valence-electron chi connectivity index (χ4n) is 2.84. The van der Waals surface area contributed by atoms with Gasteiger partial charge in [0.05, 0.1) is 0 Å². The molecule has 1 atom stereocenters. The minimum absolute atomic E-state index is 0.493. The average Bonchev–Trinajstić information content (AvgIpc) is 3.01. The Hall–Kier alpha value is -1.16. The zero-order valence-corrected chi connectivity index (χ0v) is 10.2. The van der Waals surface area contributed by atoms with Crippen molar-refractivity contribution < 1.29 is 0 Å². The molecule has 0 radical (unpaired) electrons. The topological polar surface area (TPSA) is 49.8 Å². The Balaban J connectivity index is 1.62. The SMILES string of the molecule is c1nc(NC2CCNC2)ncc1C1CCCC1. The Labute approximate surface area is 102 Å². The van der Waals surface area contributed by atoms with Crippen LogP contribution in [-0.4, -0.2) is 29.1 Å². The van der Waals surface area contributed by atoms with Crippen molar-refractivity contribution in [1.82, 2.24) is 15.3 Å². The Kier molecular flexibility index (Phi) is 3.22. The Morgan fingerprint density at radius 1 is 1.12 bits per heavy atom. The van der Waals surface area contributed by atoms with Crippen LogP contribution in [0.4, 0.5) is 5.95 Å². The second-order valence-electron chi connectivity index (χ2n) is 5.16. The number of hydrogen-bond acceptors (Lipinski definition) is 4. The Bertz CT molecular complexity index is 350. The molecule has 1 saturated heterocycles. The highest BCUT2D eigenvalue weighted by atomic mass is 15.1. The number of nitrogens with one attached hydrogen (secondary N) is 2. The summed E-state index contributed by atoms with van der Waals surface area (Å²) in [5, 5.41) is 6.70. The second-order valence-corrected chi connectivity index (χ2v) is 5.16. The molecule has 1 aliphatic carbocycles. The van der Waals surface area contributed by atoms with Gasteiger partial charge in [-0.25, -0.2) is 9.97 Å². The van der Waals surface area contributed by atoms with E-state index in [1.807, 2.05) is 12.4 Å². The van der Waals surface area contributed by atoms with Gasteiger partial charge in [-0.3, -0.25) is 0 Å². The van der Waals surface area contributed by atoms with Gasteiger partial charge >= 0.3 is 0 Å². The Morgan fingerprint density at radius 2 is 1.88 bits per heavy atom. The number of nitrogens with zero attached hydrogens (tertiary/aromatic N) is 2. The number of rotatable bonds is 3. The zero-order valence-electron chi connectivity index (χ0n) is 10.2. The Morgan fingerprint density at radius 3 is 2.53 bits per heavy atom. The van der Waals surface area contributed by atoms with Crippen molar-refractivity contribution in [3.8, 4) is 0 Å². The lowest BCUT2D eigenvalue weighted by atomic mass is 10.0. The van der Waals surface area contributed by atoms with E-state index in [4.69, 9.17) is 0 Å². The van der Waals surface area contributed by atoms with Gasteiger partial charge < -0.3 is 10.6 Å². The third-order valence-corrected chi connectivity index (χ3v) is 3.89. The van der Waals surface area contributed by atoms with Gasteiger partial charge in [-0.05, 0) is 37.3 Å². The second kappa shape index (κ2) is 5.00. The predicted molar refractivity (Wildman–Crippen MR) is 68.1 cm³/mol. The van der Waals surface area contributed by atoms with Crippen molar-refractivity contribution >= 4 is 5.95 Å². The van der Waals surface area contributed by atoms with Gasteiger partial charge in [-0.1, -0.05) is 12.8 Å². The molecule has 17 heavy (non-hydrogen) atoms. The van der Waals surface area contributed by atoms with Gasteiger partial charge in [0.25, 0.3) is 0 Å². The van der Waals surface area contributed by atoms with Crippen LogP contribution in [0.1, 0.15) is 43.6 Å². The van der Waals surface area contributed by atoms with Crippen molar-refractivity contribution in [2.45, 2.75) is 44.1 Å². The summed E-state index contributed by atoms with van der Waals surface area (Å²) < 4.78 is 0. The van der Waals surface area contributed by atoms with E-state index >= 15 is 0 Å². The van der Waals surface area contributed by atoms with Gasteiger partial charge in [0.1, 0.15) is 0 Å². The van der Waals surface area contributed by atoms with Gasteiger partial charge in [0.15, 0.2) is 0 Å². The maximum absolute atomic E-state index is 4.44. The largest absolute Gasteiger partial charge is 0.350 e. The monoisotopic (exact) mass is 232 g/mol. The molecule has 0 amide bonds. The molecule has 1 saturated carbocycles. The standard InChI is InChI=1S/C13H20N4/c1-2-4-10(3-1)11-7-15-13(16-8-11)17-12-5-6-14-9-12/h7-8,10,12,14H,1-6,9H2,(H,15,16,17). The van der Waals surface area contributed by atoms with E-state index in [1.165, 1.54) is 31.2 Å². The molecule has 1 aromatic rings. The molecule has 4 heteroatoms. The van der Waals surface area contributed by atoms with E-state index < -0.39 is 0 Å². The average molecular weight is 232 g/mol. The lowest BCUT2D eigenvalue weighted by Gasteiger charge is -2.12. The number of hydrogen-bond donors (Lipinski definition) is 2. The van der Waals surface area contributed by atoms with Crippen molar-refractivity contribution in [2.75, 3.05) is 18.4 Å². The summed E-state index contributed by atoms with van der Waals surface area (Å²) in [5.74, 6) is 1.48. The first-order valence-electron chi connectivity index (χ1n) is 6.71. The molecule has 2 fully saturated rings. The summed E-state index contributed by atoms with van der Waals surface area (Å²) in [4.78, 5) is 8.87. The van der Waals surface area contributed by atoms with Crippen LogP contribution in [-0.2, 0) is 0 Å². The first kappa shape index (κ1) is 11.0. The quantitative estimate of drug-likeness (QED) is 0.836. The molecule has 0 aromatic carbocycles. The van der Waals surface area contributed by atoms with E-state index in [-0.39, 0.29) is 0 Å². The first-order valence-corrected chi connectivity index (χ1v) is 6.71. The highest BCUT2D eigenvalue weighted by Gasteiger charge is 2.18. The van der Waals surface area contributed by atoms with Crippen LogP contribution < -0.4 is 10.6 Å². The summed E-state index contributed by atoms with van der Waals surface area (Å²) in [6.07, 6.45) is 10.5. The molecular weight excluding hydrogens is 212 g/mol. The molecule has 2 N–H and O–H groups in total. The van der Waals surface area contributed by atoms with Crippen LogP contribution in [0, 0.1) is 0 Å². The maximum atomic E-state index is 4.44. The molecule has 92 valence electrons. The van der Waals surface area contributed by atoms with Crippen LogP contribution in [0.2, 0.25) is 0 Å². The molecule has 1 unspecified atom stereocenters. The van der Waals surface area contributed by atoms with Gasteiger partial charge in [-0.2, -0.15) is 0 Å². The van der Waals surface area contributed by atoms with E-state index in [9.17, 15) is 0 Å². The highest BCUT2D eigenvalue weighted by Crippen LogP contribution is 2.33. The van der Waals surface area contributed by atoms with Gasteiger partial charge in [0, 0.05) is 25.0 Å². The summed E-state index contributed by atoms with van der Waals surface area (Å²) in [7, 11) is 0. The van der Waals surface area contributed by atoms with Crippen LogP contribution in [0.15, 0.2) is 12.4 Å². The summed E-state index contributed by atoms with van der Waals surface area (Å²) in [5.41, 5.74) is 1.32. The van der Waals surface area contributed by atoms with Gasteiger partial charge in [-0.15, -0.1) is 0 Å². The van der Waals surface area contributed by atoms with E-state index in [0.717, 1.165) is 25.5 Å². The summed E-state index contributed by atoms with van der Waals surface area (Å²) >= 11 is 0. The molecule has 2 heterocycles. The summed E-state index contributed by atoms with van der Waals surface area (Å²) in [6.45, 7) is 2.12. The van der Waals surface area contributed by atoms with Crippen molar-refractivity contribution in [2.24, 2.45) is 0 Å². The molecular formula is C13H20N4. The third kappa shape index (κ3) is 2.57. The van der Waals surface area contributed by atoms with Crippen LogP contribution in [0.3, 0.4) is 0 Å². The minimum atomic E-state index is 0.493. The van der Waals surface area contributed by atoms with Crippen LogP contribution in [0.25, 0.3) is 0 Å². The lowest BCUT2D eigenvalue weighted by molar-refractivity contribution is 0.712. The van der Waals surface area contributed by atoms with Crippen LogP contribution >= 0.6 is 0 Å². The first-order chi connectivity index (χ1) is 8.42. The highest BCUT2D eigenvalue weighted by molar-refractivity contribution is 5.28. The van der Waals surface area contributed by atoms with Gasteiger partial charge in [0.2, 0.25) is 5.95 Å². The predicted octanol–water partition coefficient (Wildman–Crippen LogP) is 1.91. The van der Waals surface area contributed by atoms with E-state index in [0.29, 0.717) is 12.0 Å². The van der Waals surface area contributed by atoms with Crippen molar-refractivity contribution in [1.29, 1.82) is 0 Å². The maximum Gasteiger partial charge on any atom is 0.222 e. The normalized spacial score (nSPS) is 25.3. The van der Waals surface area contributed by atoms with E-state index in [2.05, 4.69) is 20.6 Å². The molecule has 2 aliphatic rings. The minimum Gasteiger partial charge on any atom is -0.350 e. The van der Waals surface area contributed by atoms with Crippen LogP contribution in [0.5, 0.6) is 0 Å². The van der Waals surface area contributed by atoms with Crippen molar-refractivity contribution in [3.05, 3.63) is 18.0 Å². The number of aromatic nitrogens is 2. The van der Waals surface area contributed by atoms with Crippen molar-refractivity contribution in [3.63, 3.8) is 0 Å². The molecule has 4 nitrogen and oxygen atoms in total. The molecule has 1 aliphatic heterocycles. The number of anilines is 1. The lowest BCUT2D eigenvalue weighted by Crippen LogP contribution is -2.23.